The zero-order chi connectivity index (χ0) is 17.3. The van der Waals surface area contributed by atoms with Gasteiger partial charge in [-0.2, -0.15) is 0 Å². The van der Waals surface area contributed by atoms with Gasteiger partial charge in [0.1, 0.15) is 6.73 Å². The number of carbonyl (C=O) groups excluding carboxylic acids is 1. The van der Waals surface area contributed by atoms with Crippen LogP contribution in [0, 0.1) is 0 Å². The first-order valence-corrected chi connectivity index (χ1v) is 12.0. The van der Waals surface area contributed by atoms with Crippen molar-refractivity contribution in [3.05, 3.63) is 29.3 Å². The number of rotatable bonds is 6. The molecule has 1 aliphatic heterocycles. The first-order valence-electron chi connectivity index (χ1n) is 8.27. The molecule has 1 aliphatic rings. The number of amides is 1. The highest BCUT2D eigenvalue weighted by Gasteiger charge is 2.37. The van der Waals surface area contributed by atoms with Gasteiger partial charge in [-0.05, 0) is 11.6 Å². The molecular weight excluding hydrogens is 306 g/mol. The Morgan fingerprint density at radius 2 is 2.00 bits per heavy atom. The minimum Gasteiger partial charge on any atom is -0.392 e. The monoisotopic (exact) mass is 335 g/mol. The van der Waals surface area contributed by atoms with Gasteiger partial charge < -0.3 is 9.84 Å². The maximum atomic E-state index is 12.6. The Balaban J connectivity index is 2.22. The van der Waals surface area contributed by atoms with E-state index < -0.39 is 8.07 Å². The van der Waals surface area contributed by atoms with Crippen molar-refractivity contribution in [3.63, 3.8) is 0 Å². The van der Waals surface area contributed by atoms with Crippen LogP contribution in [0.25, 0.3) is 0 Å². The van der Waals surface area contributed by atoms with Gasteiger partial charge in [-0.1, -0.05) is 51.7 Å². The maximum Gasteiger partial charge on any atom is 0.229 e. The summed E-state index contributed by atoms with van der Waals surface area (Å²) in [6, 6.07) is 6.96. The second-order valence-electron chi connectivity index (χ2n) is 8.20. The molecule has 1 heterocycles. The summed E-state index contributed by atoms with van der Waals surface area (Å²) < 4.78 is 5.80. The predicted octanol–water partition coefficient (Wildman–Crippen LogP) is 3.51. The van der Waals surface area contributed by atoms with Crippen LogP contribution in [0.1, 0.15) is 31.4 Å². The number of aliphatic hydroxyl groups excluding tert-OH is 1. The molecule has 0 atom stereocenters. The molecule has 0 saturated heterocycles. The number of carbonyl (C=O) groups is 1. The fourth-order valence-corrected chi connectivity index (χ4v) is 3.70. The van der Waals surface area contributed by atoms with Crippen LogP contribution in [0.3, 0.4) is 0 Å². The minimum absolute atomic E-state index is 0.0661. The quantitative estimate of drug-likeness (QED) is 0.639. The van der Waals surface area contributed by atoms with Crippen molar-refractivity contribution in [3.8, 4) is 0 Å². The van der Waals surface area contributed by atoms with Gasteiger partial charge in [0.2, 0.25) is 5.91 Å². The van der Waals surface area contributed by atoms with Crippen LogP contribution in [0.15, 0.2) is 18.2 Å². The Hall–Kier alpha value is -1.17. The van der Waals surface area contributed by atoms with E-state index in [0.29, 0.717) is 13.0 Å². The summed E-state index contributed by atoms with van der Waals surface area (Å²) in [7, 11) is -1.14. The van der Waals surface area contributed by atoms with Gasteiger partial charge in [-0.3, -0.25) is 9.69 Å². The Kier molecular flexibility index (Phi) is 5.33. The molecule has 0 bridgehead atoms. The molecule has 1 amide bonds. The summed E-state index contributed by atoms with van der Waals surface area (Å²) in [6.45, 7) is 12.0. The third kappa shape index (κ3) is 4.22. The molecule has 128 valence electrons. The lowest BCUT2D eigenvalue weighted by atomic mass is 9.76. The van der Waals surface area contributed by atoms with Crippen LogP contribution in [-0.4, -0.2) is 32.4 Å². The zero-order valence-electron chi connectivity index (χ0n) is 15.0. The number of anilines is 1. The molecule has 2 rings (SSSR count). The molecule has 0 radical (unpaired) electrons. The molecule has 1 aromatic rings. The maximum absolute atomic E-state index is 12.6. The van der Waals surface area contributed by atoms with Crippen molar-refractivity contribution in [1.82, 2.24) is 0 Å². The van der Waals surface area contributed by atoms with Crippen LogP contribution in [-0.2, 0) is 21.6 Å². The molecule has 5 heteroatoms. The molecule has 0 unspecified atom stereocenters. The minimum atomic E-state index is -1.14. The van der Waals surface area contributed by atoms with Gasteiger partial charge in [-0.25, -0.2) is 0 Å². The average molecular weight is 336 g/mol. The van der Waals surface area contributed by atoms with E-state index in [1.807, 2.05) is 12.1 Å². The van der Waals surface area contributed by atoms with Crippen molar-refractivity contribution in [2.45, 2.75) is 58.0 Å². The van der Waals surface area contributed by atoms with Gasteiger partial charge in [0, 0.05) is 32.1 Å². The normalized spacial score (nSPS) is 17.3. The molecule has 0 aliphatic carbocycles. The van der Waals surface area contributed by atoms with Gasteiger partial charge >= 0.3 is 0 Å². The van der Waals surface area contributed by atoms with E-state index in [1.165, 1.54) is 0 Å². The number of hydrogen-bond acceptors (Lipinski definition) is 3. The number of nitrogens with zero attached hydrogens (tertiary/aromatic N) is 1. The highest BCUT2D eigenvalue weighted by Crippen LogP contribution is 2.42. The highest BCUT2D eigenvalue weighted by molar-refractivity contribution is 6.76. The summed E-state index contributed by atoms with van der Waals surface area (Å²) >= 11 is 0. The molecular formula is C18H29NO3Si. The number of aliphatic hydroxyl groups is 1. The summed E-state index contributed by atoms with van der Waals surface area (Å²) in [6.07, 6.45) is 0.465. The Morgan fingerprint density at radius 3 is 2.61 bits per heavy atom. The van der Waals surface area contributed by atoms with Crippen LogP contribution in [0.4, 0.5) is 5.69 Å². The highest BCUT2D eigenvalue weighted by atomic mass is 28.3. The lowest BCUT2D eigenvalue weighted by Gasteiger charge is -2.39. The van der Waals surface area contributed by atoms with E-state index >= 15 is 0 Å². The molecule has 4 nitrogen and oxygen atoms in total. The van der Waals surface area contributed by atoms with E-state index in [-0.39, 0.29) is 24.7 Å². The van der Waals surface area contributed by atoms with Crippen molar-refractivity contribution >= 4 is 19.7 Å². The number of hydrogen-bond donors (Lipinski definition) is 1. The van der Waals surface area contributed by atoms with E-state index in [1.54, 1.807) is 4.90 Å². The van der Waals surface area contributed by atoms with Crippen LogP contribution in [0.2, 0.25) is 25.7 Å². The van der Waals surface area contributed by atoms with Gasteiger partial charge in [0.05, 0.1) is 12.3 Å². The number of fused-ring (bicyclic) bond motifs is 1. The fraction of sp³-hybridized carbons (Fsp3) is 0.611. The SMILES string of the molecule is CC1(C)CC(=O)N(COCC[Si](C)(C)C)c2c(CO)cccc21. The van der Waals surface area contributed by atoms with Crippen molar-refractivity contribution in [1.29, 1.82) is 0 Å². The smallest absolute Gasteiger partial charge is 0.229 e. The molecule has 0 aromatic heterocycles. The number of benzene rings is 1. The largest absolute Gasteiger partial charge is 0.392 e. The number of para-hydroxylation sites is 1. The van der Waals surface area contributed by atoms with Gasteiger partial charge in [0.15, 0.2) is 0 Å². The average Bonchev–Trinajstić information content (AvgIpc) is 2.44. The van der Waals surface area contributed by atoms with E-state index in [0.717, 1.165) is 22.9 Å². The summed E-state index contributed by atoms with van der Waals surface area (Å²) in [5.41, 5.74) is 2.52. The summed E-state index contributed by atoms with van der Waals surface area (Å²) in [5.74, 6) is 0.0661. The molecule has 0 fully saturated rings. The molecule has 1 N–H and O–H groups in total. The second-order valence-corrected chi connectivity index (χ2v) is 13.8. The second kappa shape index (κ2) is 6.75. The van der Waals surface area contributed by atoms with E-state index in [4.69, 9.17) is 4.74 Å². The van der Waals surface area contributed by atoms with E-state index in [2.05, 4.69) is 39.6 Å². The first kappa shape index (κ1) is 18.2. The predicted molar refractivity (Wildman–Crippen MR) is 96.5 cm³/mol. The lowest BCUT2D eigenvalue weighted by Crippen LogP contribution is -2.44. The molecule has 0 saturated carbocycles. The van der Waals surface area contributed by atoms with Crippen molar-refractivity contribution in [2.75, 3.05) is 18.2 Å². The van der Waals surface area contributed by atoms with Gasteiger partial charge in [0.25, 0.3) is 0 Å². The van der Waals surface area contributed by atoms with Crippen LogP contribution in [0.5, 0.6) is 0 Å². The first-order chi connectivity index (χ1) is 10.7. The molecule has 1 aromatic carbocycles. The topological polar surface area (TPSA) is 49.8 Å². The Morgan fingerprint density at radius 1 is 1.30 bits per heavy atom. The van der Waals surface area contributed by atoms with Crippen molar-refractivity contribution in [2.24, 2.45) is 0 Å². The van der Waals surface area contributed by atoms with Crippen LogP contribution >= 0.6 is 0 Å². The van der Waals surface area contributed by atoms with E-state index in [9.17, 15) is 9.90 Å². The fourth-order valence-electron chi connectivity index (χ4n) is 2.95. The van der Waals surface area contributed by atoms with Crippen molar-refractivity contribution < 1.29 is 14.6 Å². The van der Waals surface area contributed by atoms with Crippen LogP contribution < -0.4 is 4.90 Å². The standard InChI is InChI=1S/C18H29NO3Si/c1-18(2)11-16(21)19(13-22-9-10-23(3,4)5)17-14(12-20)7-6-8-15(17)18/h6-8,20H,9-13H2,1-5H3. The summed E-state index contributed by atoms with van der Waals surface area (Å²) in [4.78, 5) is 14.3. The third-order valence-corrected chi connectivity index (χ3v) is 6.10. The number of ether oxygens (including phenoxy) is 1. The Labute approximate surface area is 140 Å². The third-order valence-electron chi connectivity index (χ3n) is 4.40. The molecule has 23 heavy (non-hydrogen) atoms. The Bertz CT molecular complexity index is 578. The zero-order valence-corrected chi connectivity index (χ0v) is 16.0. The molecule has 0 spiro atoms. The summed E-state index contributed by atoms with van der Waals surface area (Å²) in [5, 5.41) is 9.67. The van der Waals surface area contributed by atoms with Gasteiger partial charge in [-0.15, -0.1) is 0 Å². The lowest BCUT2D eigenvalue weighted by molar-refractivity contribution is -0.121.